The van der Waals surface area contributed by atoms with Crippen molar-refractivity contribution in [1.82, 2.24) is 19.5 Å². The van der Waals surface area contributed by atoms with Crippen molar-refractivity contribution >= 4 is 11.2 Å². The summed E-state index contributed by atoms with van der Waals surface area (Å²) in [6.07, 6.45) is 8.22. The zero-order chi connectivity index (χ0) is 13.8. The molecule has 0 amide bonds. The Balaban J connectivity index is 1.95. The Kier molecular flexibility index (Phi) is 3.69. The fourth-order valence-electron chi connectivity index (χ4n) is 2.20. The number of ether oxygens (including phenoxy) is 1. The number of hydrogen-bond donors (Lipinski definition) is 0. The van der Waals surface area contributed by atoms with E-state index in [9.17, 15) is 0 Å². The molecule has 0 aromatic carbocycles. The van der Waals surface area contributed by atoms with Crippen LogP contribution in [0, 0.1) is 0 Å². The molecule has 0 fully saturated rings. The maximum absolute atomic E-state index is 5.09. The highest BCUT2D eigenvalue weighted by Crippen LogP contribution is 2.21. The summed E-state index contributed by atoms with van der Waals surface area (Å²) < 4.78 is 7.21. The lowest BCUT2D eigenvalue weighted by Crippen LogP contribution is -2.00. The Labute approximate surface area is 117 Å². The number of hydrogen-bond acceptors (Lipinski definition) is 4. The number of rotatable bonds is 5. The highest BCUT2D eigenvalue weighted by Gasteiger charge is 2.06. The van der Waals surface area contributed by atoms with E-state index in [-0.39, 0.29) is 0 Å². The Morgan fingerprint density at radius 1 is 1.15 bits per heavy atom. The van der Waals surface area contributed by atoms with Crippen molar-refractivity contribution in [2.45, 2.75) is 13.0 Å². The Morgan fingerprint density at radius 3 is 2.80 bits per heavy atom. The molecule has 102 valence electrons. The van der Waals surface area contributed by atoms with Gasteiger partial charge in [-0.2, -0.15) is 0 Å². The number of aromatic nitrogens is 4. The minimum atomic E-state index is 0.747. The fraction of sp³-hybridized carbons (Fsp3) is 0.267. The van der Waals surface area contributed by atoms with Crippen LogP contribution >= 0.6 is 0 Å². The molecule has 0 unspecified atom stereocenters. The van der Waals surface area contributed by atoms with E-state index < -0.39 is 0 Å². The molecule has 3 rings (SSSR count). The van der Waals surface area contributed by atoms with Crippen molar-refractivity contribution in [3.8, 4) is 11.1 Å². The third-order valence-corrected chi connectivity index (χ3v) is 3.24. The maximum Gasteiger partial charge on any atom is 0.177 e. The van der Waals surface area contributed by atoms with Crippen LogP contribution in [0.3, 0.4) is 0 Å². The molecule has 20 heavy (non-hydrogen) atoms. The summed E-state index contributed by atoms with van der Waals surface area (Å²) in [7, 11) is 1.72. The van der Waals surface area contributed by atoms with Gasteiger partial charge < -0.3 is 9.30 Å². The van der Waals surface area contributed by atoms with E-state index in [1.807, 2.05) is 24.7 Å². The number of methoxy groups -OCH3 is 1. The molecule has 0 saturated carbocycles. The highest BCUT2D eigenvalue weighted by molar-refractivity contribution is 5.78. The predicted molar refractivity (Wildman–Crippen MR) is 77.3 cm³/mol. The Morgan fingerprint density at radius 2 is 2.00 bits per heavy atom. The topological polar surface area (TPSA) is 52.8 Å². The maximum atomic E-state index is 5.09. The van der Waals surface area contributed by atoms with Crippen molar-refractivity contribution in [2.75, 3.05) is 13.7 Å². The van der Waals surface area contributed by atoms with E-state index >= 15 is 0 Å². The highest BCUT2D eigenvalue weighted by atomic mass is 16.5. The second-order valence-electron chi connectivity index (χ2n) is 4.59. The van der Waals surface area contributed by atoms with E-state index in [0.717, 1.165) is 41.9 Å². The van der Waals surface area contributed by atoms with E-state index in [0.29, 0.717) is 0 Å². The first-order valence-electron chi connectivity index (χ1n) is 6.59. The van der Waals surface area contributed by atoms with Gasteiger partial charge in [-0.05, 0) is 30.2 Å². The van der Waals surface area contributed by atoms with Crippen LogP contribution in [0.2, 0.25) is 0 Å². The van der Waals surface area contributed by atoms with Gasteiger partial charge in [0.25, 0.3) is 0 Å². The van der Waals surface area contributed by atoms with Crippen LogP contribution in [0.25, 0.3) is 22.3 Å². The molecule has 0 bridgehead atoms. The largest absolute Gasteiger partial charge is 0.385 e. The van der Waals surface area contributed by atoms with Crippen LogP contribution in [-0.2, 0) is 11.3 Å². The lowest BCUT2D eigenvalue weighted by atomic mass is 10.1. The molecule has 0 aliphatic rings. The van der Waals surface area contributed by atoms with Gasteiger partial charge in [-0.3, -0.25) is 4.98 Å². The minimum absolute atomic E-state index is 0.747. The summed E-state index contributed by atoms with van der Waals surface area (Å²) in [6, 6.07) is 6.08. The van der Waals surface area contributed by atoms with Gasteiger partial charge in [-0.1, -0.05) is 0 Å². The minimum Gasteiger partial charge on any atom is -0.385 e. The molecule has 0 spiro atoms. The second-order valence-corrected chi connectivity index (χ2v) is 4.59. The molecule has 5 heteroatoms. The van der Waals surface area contributed by atoms with Crippen LogP contribution < -0.4 is 0 Å². The summed E-state index contributed by atoms with van der Waals surface area (Å²) >= 11 is 0. The van der Waals surface area contributed by atoms with Crippen molar-refractivity contribution in [2.24, 2.45) is 0 Å². The van der Waals surface area contributed by atoms with Crippen molar-refractivity contribution in [3.63, 3.8) is 0 Å². The monoisotopic (exact) mass is 268 g/mol. The predicted octanol–water partition coefficient (Wildman–Crippen LogP) is 2.53. The van der Waals surface area contributed by atoms with Gasteiger partial charge in [0.15, 0.2) is 5.65 Å². The first kappa shape index (κ1) is 12.7. The SMILES string of the molecule is COCCCn1cnc2ncc(-c3ccncc3)cc21. The first-order valence-corrected chi connectivity index (χ1v) is 6.59. The average Bonchev–Trinajstić information content (AvgIpc) is 2.91. The van der Waals surface area contributed by atoms with Gasteiger partial charge in [-0.15, -0.1) is 0 Å². The smallest absolute Gasteiger partial charge is 0.177 e. The van der Waals surface area contributed by atoms with Crippen molar-refractivity contribution in [1.29, 1.82) is 0 Å². The Hall–Kier alpha value is -2.27. The summed E-state index contributed by atoms with van der Waals surface area (Å²) in [5.41, 5.74) is 4.02. The molecule has 3 aromatic heterocycles. The lowest BCUT2D eigenvalue weighted by molar-refractivity contribution is 0.190. The summed E-state index contributed by atoms with van der Waals surface area (Å²) in [4.78, 5) is 12.8. The quantitative estimate of drug-likeness (QED) is 0.667. The van der Waals surface area contributed by atoms with Crippen molar-refractivity contribution < 1.29 is 4.74 Å². The van der Waals surface area contributed by atoms with Crippen LogP contribution in [0.5, 0.6) is 0 Å². The zero-order valence-corrected chi connectivity index (χ0v) is 11.4. The van der Waals surface area contributed by atoms with E-state index in [4.69, 9.17) is 4.74 Å². The molecule has 0 N–H and O–H groups in total. The first-order chi connectivity index (χ1) is 9.88. The second kappa shape index (κ2) is 5.79. The Bertz CT molecular complexity index is 693. The molecule has 0 aliphatic heterocycles. The number of fused-ring (bicyclic) bond motifs is 1. The molecular weight excluding hydrogens is 252 g/mol. The van der Waals surface area contributed by atoms with Gasteiger partial charge >= 0.3 is 0 Å². The van der Waals surface area contributed by atoms with E-state index in [1.165, 1.54) is 0 Å². The van der Waals surface area contributed by atoms with Crippen LogP contribution in [-0.4, -0.2) is 33.2 Å². The van der Waals surface area contributed by atoms with Gasteiger partial charge in [0.1, 0.15) is 0 Å². The fourth-order valence-corrected chi connectivity index (χ4v) is 2.20. The summed E-state index contributed by atoms with van der Waals surface area (Å²) in [5.74, 6) is 0. The number of pyridine rings is 2. The van der Waals surface area contributed by atoms with Crippen LogP contribution in [0.1, 0.15) is 6.42 Å². The molecule has 0 aliphatic carbocycles. The summed E-state index contributed by atoms with van der Waals surface area (Å²) in [5, 5.41) is 0. The molecular formula is C15H16N4O. The van der Waals surface area contributed by atoms with Gasteiger partial charge in [0, 0.05) is 44.4 Å². The molecule has 5 nitrogen and oxygen atoms in total. The third-order valence-electron chi connectivity index (χ3n) is 3.24. The molecule has 0 radical (unpaired) electrons. The lowest BCUT2D eigenvalue weighted by Gasteiger charge is -2.05. The average molecular weight is 268 g/mol. The third kappa shape index (κ3) is 2.53. The number of nitrogens with zero attached hydrogens (tertiary/aromatic N) is 4. The number of imidazole rings is 1. The standard InChI is InChI=1S/C15H16N4O/c1-20-8-2-7-19-11-18-15-14(19)9-13(10-17-15)12-3-5-16-6-4-12/h3-6,9-11H,2,7-8H2,1H3. The normalized spacial score (nSPS) is 11.1. The van der Waals surface area contributed by atoms with Crippen LogP contribution in [0.4, 0.5) is 0 Å². The molecule has 3 heterocycles. The summed E-state index contributed by atoms with van der Waals surface area (Å²) in [6.45, 7) is 1.63. The van der Waals surface area contributed by atoms with Crippen molar-refractivity contribution in [3.05, 3.63) is 43.1 Å². The number of aryl methyl sites for hydroxylation is 1. The van der Waals surface area contributed by atoms with Gasteiger partial charge in [-0.25, -0.2) is 9.97 Å². The molecule has 3 aromatic rings. The van der Waals surface area contributed by atoms with Gasteiger partial charge in [0.2, 0.25) is 0 Å². The zero-order valence-electron chi connectivity index (χ0n) is 11.4. The molecule has 0 saturated heterocycles. The molecule has 0 atom stereocenters. The van der Waals surface area contributed by atoms with Gasteiger partial charge in [0.05, 0.1) is 11.8 Å². The van der Waals surface area contributed by atoms with E-state index in [1.54, 1.807) is 19.5 Å². The van der Waals surface area contributed by atoms with Crippen LogP contribution in [0.15, 0.2) is 43.1 Å². The van der Waals surface area contributed by atoms with E-state index in [2.05, 4.69) is 25.6 Å².